The van der Waals surface area contributed by atoms with Crippen molar-refractivity contribution in [2.45, 2.75) is 13.5 Å². The van der Waals surface area contributed by atoms with E-state index < -0.39 is 0 Å². The van der Waals surface area contributed by atoms with E-state index in [9.17, 15) is 9.65 Å². The van der Waals surface area contributed by atoms with Gasteiger partial charge >= 0.3 is 0 Å². The molecule has 0 aliphatic carbocycles. The number of nitrogens with zero attached hydrogens (tertiary/aromatic N) is 4. The highest BCUT2D eigenvalue weighted by atomic mass is 19.1. The van der Waals surface area contributed by atoms with Crippen molar-refractivity contribution in [2.24, 2.45) is 0 Å². The summed E-state index contributed by atoms with van der Waals surface area (Å²) in [4.78, 5) is 13.1. The van der Waals surface area contributed by atoms with Gasteiger partial charge in [0.2, 0.25) is 5.88 Å². The van der Waals surface area contributed by atoms with Crippen LogP contribution < -0.4 is 4.74 Å². The quantitative estimate of drug-likeness (QED) is 0.469. The van der Waals surface area contributed by atoms with E-state index in [0.29, 0.717) is 22.5 Å². The summed E-state index contributed by atoms with van der Waals surface area (Å²) in [5.41, 5.74) is 4.64. The summed E-state index contributed by atoms with van der Waals surface area (Å²) in [6, 6.07) is 17.4. The molecule has 3 heterocycles. The normalized spacial score (nSPS) is 10.4. The maximum absolute atomic E-state index is 13.5. The Kier molecular flexibility index (Phi) is 5.44. The molecule has 0 saturated carbocycles. The first kappa shape index (κ1) is 19.2. The SMILES string of the molecule is Cc1cccnc1-c1cc(-c2ccc(F)cc2)c(C#N)c(OCc2cccnc2)n1. The van der Waals surface area contributed by atoms with Crippen molar-refractivity contribution < 1.29 is 9.13 Å². The number of pyridine rings is 3. The van der Waals surface area contributed by atoms with Crippen LogP contribution in [0, 0.1) is 24.1 Å². The van der Waals surface area contributed by atoms with Crippen LogP contribution in [-0.4, -0.2) is 15.0 Å². The second kappa shape index (κ2) is 8.50. The highest BCUT2D eigenvalue weighted by Gasteiger charge is 2.18. The minimum atomic E-state index is -0.347. The zero-order chi connectivity index (χ0) is 20.9. The molecular weight excluding hydrogens is 379 g/mol. The van der Waals surface area contributed by atoms with E-state index in [4.69, 9.17) is 4.74 Å². The van der Waals surface area contributed by atoms with Crippen molar-refractivity contribution in [3.05, 3.63) is 95.7 Å². The second-order valence-electron chi connectivity index (χ2n) is 6.67. The Hall–Kier alpha value is -4.11. The van der Waals surface area contributed by atoms with E-state index in [-0.39, 0.29) is 23.9 Å². The monoisotopic (exact) mass is 396 g/mol. The van der Waals surface area contributed by atoms with Gasteiger partial charge in [0.05, 0.1) is 11.4 Å². The molecule has 0 unspecified atom stereocenters. The third-order valence-electron chi connectivity index (χ3n) is 4.60. The molecule has 0 bridgehead atoms. The van der Waals surface area contributed by atoms with Crippen LogP contribution in [-0.2, 0) is 6.61 Å². The zero-order valence-corrected chi connectivity index (χ0v) is 16.2. The second-order valence-corrected chi connectivity index (χ2v) is 6.67. The average molecular weight is 396 g/mol. The van der Waals surface area contributed by atoms with Gasteiger partial charge in [0.1, 0.15) is 24.1 Å². The number of hydrogen-bond acceptors (Lipinski definition) is 5. The number of halogens is 1. The van der Waals surface area contributed by atoms with Crippen LogP contribution in [0.15, 0.2) is 73.2 Å². The molecule has 0 aliphatic heterocycles. The first-order valence-electron chi connectivity index (χ1n) is 9.30. The van der Waals surface area contributed by atoms with E-state index in [0.717, 1.165) is 11.1 Å². The molecule has 0 atom stereocenters. The topological polar surface area (TPSA) is 71.7 Å². The van der Waals surface area contributed by atoms with Crippen LogP contribution >= 0.6 is 0 Å². The van der Waals surface area contributed by atoms with Gasteiger partial charge in [0.25, 0.3) is 0 Å². The van der Waals surface area contributed by atoms with Gasteiger partial charge in [-0.25, -0.2) is 9.37 Å². The summed E-state index contributed by atoms with van der Waals surface area (Å²) in [6.07, 6.45) is 5.06. The molecule has 146 valence electrons. The lowest BCUT2D eigenvalue weighted by Crippen LogP contribution is -2.03. The third-order valence-corrected chi connectivity index (χ3v) is 4.60. The van der Waals surface area contributed by atoms with Gasteiger partial charge in [0, 0.05) is 29.7 Å². The first-order chi connectivity index (χ1) is 14.7. The van der Waals surface area contributed by atoms with Crippen LogP contribution in [0.5, 0.6) is 5.88 Å². The fourth-order valence-corrected chi connectivity index (χ4v) is 3.10. The minimum absolute atomic E-state index is 0.197. The standard InChI is InChI=1S/C24H17FN4O/c1-16-4-2-11-28-23(16)22-12-20(18-6-8-19(25)9-7-18)21(13-26)24(29-22)30-15-17-5-3-10-27-14-17/h2-12,14H,15H2,1H3. The summed E-state index contributed by atoms with van der Waals surface area (Å²) in [6.45, 7) is 2.15. The highest BCUT2D eigenvalue weighted by molar-refractivity contribution is 5.77. The van der Waals surface area contributed by atoms with Crippen LogP contribution in [0.25, 0.3) is 22.5 Å². The number of rotatable bonds is 5. The van der Waals surface area contributed by atoms with Crippen molar-refractivity contribution in [3.8, 4) is 34.5 Å². The number of aryl methyl sites for hydroxylation is 1. The fourth-order valence-electron chi connectivity index (χ4n) is 3.10. The van der Waals surface area contributed by atoms with Gasteiger partial charge in [-0.1, -0.05) is 24.3 Å². The minimum Gasteiger partial charge on any atom is -0.472 e. The van der Waals surface area contributed by atoms with E-state index >= 15 is 0 Å². The van der Waals surface area contributed by atoms with Gasteiger partial charge in [-0.3, -0.25) is 9.97 Å². The molecule has 0 fully saturated rings. The molecule has 0 amide bonds. The van der Waals surface area contributed by atoms with Crippen molar-refractivity contribution >= 4 is 0 Å². The lowest BCUT2D eigenvalue weighted by atomic mass is 9.99. The Bertz CT molecular complexity index is 1220. The zero-order valence-electron chi connectivity index (χ0n) is 16.2. The molecule has 0 saturated heterocycles. The van der Waals surface area contributed by atoms with Gasteiger partial charge in [-0.2, -0.15) is 5.26 Å². The van der Waals surface area contributed by atoms with Crippen LogP contribution in [0.1, 0.15) is 16.7 Å². The van der Waals surface area contributed by atoms with Gasteiger partial charge in [-0.15, -0.1) is 0 Å². The van der Waals surface area contributed by atoms with E-state index in [1.807, 2.05) is 31.2 Å². The number of benzene rings is 1. The molecule has 30 heavy (non-hydrogen) atoms. The molecule has 0 radical (unpaired) electrons. The van der Waals surface area contributed by atoms with Crippen molar-refractivity contribution in [2.75, 3.05) is 0 Å². The lowest BCUT2D eigenvalue weighted by molar-refractivity contribution is 0.293. The molecule has 3 aromatic heterocycles. The Balaban J connectivity index is 1.85. The molecule has 0 N–H and O–H groups in total. The van der Waals surface area contributed by atoms with Crippen LogP contribution in [0.4, 0.5) is 4.39 Å². The molecule has 0 aliphatic rings. The Morgan fingerprint density at radius 1 is 1.07 bits per heavy atom. The predicted octanol–water partition coefficient (Wildman–Crippen LogP) is 5.10. The average Bonchev–Trinajstić information content (AvgIpc) is 2.78. The molecule has 4 rings (SSSR count). The molecule has 1 aromatic carbocycles. The van der Waals surface area contributed by atoms with Crippen molar-refractivity contribution in [3.63, 3.8) is 0 Å². The van der Waals surface area contributed by atoms with Crippen LogP contribution in [0.2, 0.25) is 0 Å². The lowest BCUT2D eigenvalue weighted by Gasteiger charge is -2.14. The summed E-state index contributed by atoms with van der Waals surface area (Å²) >= 11 is 0. The molecule has 6 heteroatoms. The maximum Gasteiger partial charge on any atom is 0.233 e. The van der Waals surface area contributed by atoms with E-state index in [2.05, 4.69) is 21.0 Å². The van der Waals surface area contributed by atoms with E-state index in [1.165, 1.54) is 12.1 Å². The summed E-state index contributed by atoms with van der Waals surface area (Å²) in [5.74, 6) is -0.150. The first-order valence-corrected chi connectivity index (χ1v) is 9.30. The third kappa shape index (κ3) is 4.01. The van der Waals surface area contributed by atoms with Gasteiger partial charge < -0.3 is 4.74 Å². The number of hydrogen-bond donors (Lipinski definition) is 0. The fraction of sp³-hybridized carbons (Fsp3) is 0.0833. The van der Waals surface area contributed by atoms with Crippen molar-refractivity contribution in [1.82, 2.24) is 15.0 Å². The summed E-state index contributed by atoms with van der Waals surface area (Å²) < 4.78 is 19.4. The number of nitriles is 1. The molecule has 5 nitrogen and oxygen atoms in total. The number of aromatic nitrogens is 3. The molecular formula is C24H17FN4O. The molecule has 0 spiro atoms. The van der Waals surface area contributed by atoms with Gasteiger partial charge in [0.15, 0.2) is 0 Å². The Morgan fingerprint density at radius 3 is 2.57 bits per heavy atom. The summed E-state index contributed by atoms with van der Waals surface area (Å²) in [5, 5.41) is 9.86. The summed E-state index contributed by atoms with van der Waals surface area (Å²) in [7, 11) is 0. The molecule has 4 aromatic rings. The Labute approximate surface area is 173 Å². The number of ether oxygens (including phenoxy) is 1. The Morgan fingerprint density at radius 2 is 1.87 bits per heavy atom. The van der Waals surface area contributed by atoms with Crippen molar-refractivity contribution in [1.29, 1.82) is 5.26 Å². The van der Waals surface area contributed by atoms with Crippen LogP contribution in [0.3, 0.4) is 0 Å². The van der Waals surface area contributed by atoms with E-state index in [1.54, 1.807) is 36.8 Å². The highest BCUT2D eigenvalue weighted by Crippen LogP contribution is 2.34. The maximum atomic E-state index is 13.5. The largest absolute Gasteiger partial charge is 0.472 e. The smallest absolute Gasteiger partial charge is 0.233 e. The van der Waals surface area contributed by atoms with Gasteiger partial charge in [-0.05, 0) is 48.4 Å². The predicted molar refractivity (Wildman–Crippen MR) is 111 cm³/mol.